The molecule has 1 aliphatic rings. The van der Waals surface area contributed by atoms with Gasteiger partial charge >= 0.3 is 6.03 Å². The van der Waals surface area contributed by atoms with Gasteiger partial charge in [0.25, 0.3) is 5.69 Å². The number of hydrogen-bond donors (Lipinski definition) is 1. The number of amides is 2. The number of carbonyl (C=O) groups is 1. The second kappa shape index (κ2) is 6.92. The highest BCUT2D eigenvalue weighted by atomic mass is 16.6. The van der Waals surface area contributed by atoms with Gasteiger partial charge in [-0.1, -0.05) is 0 Å². The van der Waals surface area contributed by atoms with Gasteiger partial charge in [-0.3, -0.25) is 14.8 Å². The fraction of sp³-hybridized carbons (Fsp3) is 0.412. The molecular formula is C17H21N5O3. The second-order valence-corrected chi connectivity index (χ2v) is 6.33. The summed E-state index contributed by atoms with van der Waals surface area (Å²) in [5.41, 5.74) is 2.35. The highest BCUT2D eigenvalue weighted by molar-refractivity contribution is 5.89. The van der Waals surface area contributed by atoms with E-state index in [1.165, 1.54) is 11.8 Å². The maximum Gasteiger partial charge on any atom is 0.321 e. The molecule has 0 radical (unpaired) electrons. The van der Waals surface area contributed by atoms with E-state index in [0.717, 1.165) is 12.8 Å². The number of aromatic nitrogens is 2. The number of hydrogen-bond acceptors (Lipinski definition) is 4. The monoisotopic (exact) mass is 343 g/mol. The molecule has 2 aromatic rings. The summed E-state index contributed by atoms with van der Waals surface area (Å²) in [6.45, 7) is 3.01. The van der Waals surface area contributed by atoms with Gasteiger partial charge in [0.1, 0.15) is 0 Å². The zero-order valence-corrected chi connectivity index (χ0v) is 14.3. The maximum absolute atomic E-state index is 12.4. The van der Waals surface area contributed by atoms with E-state index < -0.39 is 4.92 Å². The molecule has 3 rings (SSSR count). The number of piperidine rings is 1. The predicted octanol–water partition coefficient (Wildman–Crippen LogP) is 3.05. The number of carbonyl (C=O) groups excluding carboxylic acids is 1. The summed E-state index contributed by atoms with van der Waals surface area (Å²) in [7, 11) is 1.94. The lowest BCUT2D eigenvalue weighted by Gasteiger charge is -2.32. The van der Waals surface area contributed by atoms with Crippen molar-refractivity contribution in [3.8, 4) is 0 Å². The molecule has 0 bridgehead atoms. The average Bonchev–Trinajstić information content (AvgIpc) is 3.00. The Bertz CT molecular complexity index is 793. The van der Waals surface area contributed by atoms with Crippen LogP contribution in [0.4, 0.5) is 16.2 Å². The number of anilines is 1. The molecule has 0 unspecified atom stereocenters. The Morgan fingerprint density at radius 1 is 1.32 bits per heavy atom. The summed E-state index contributed by atoms with van der Waals surface area (Å²) in [4.78, 5) is 24.6. The first kappa shape index (κ1) is 16.9. The number of likely N-dealkylation sites (tertiary alicyclic amines) is 1. The summed E-state index contributed by atoms with van der Waals surface area (Å²) in [6, 6.07) is 6.46. The molecule has 8 nitrogen and oxygen atoms in total. The quantitative estimate of drug-likeness (QED) is 0.684. The van der Waals surface area contributed by atoms with Gasteiger partial charge in [-0.25, -0.2) is 4.79 Å². The molecule has 1 saturated heterocycles. The van der Waals surface area contributed by atoms with Gasteiger partial charge in [-0.05, 0) is 38.0 Å². The molecule has 25 heavy (non-hydrogen) atoms. The lowest BCUT2D eigenvalue weighted by molar-refractivity contribution is -0.385. The van der Waals surface area contributed by atoms with E-state index in [1.807, 2.05) is 17.8 Å². The summed E-state index contributed by atoms with van der Waals surface area (Å²) < 4.78 is 1.89. The van der Waals surface area contributed by atoms with Gasteiger partial charge in [-0.15, -0.1) is 0 Å². The third-order valence-corrected chi connectivity index (χ3v) is 4.70. The number of nitro groups is 1. The van der Waals surface area contributed by atoms with Crippen molar-refractivity contribution in [3.05, 3.63) is 51.8 Å². The summed E-state index contributed by atoms with van der Waals surface area (Å²) in [5, 5.41) is 17.9. The van der Waals surface area contributed by atoms with Crippen LogP contribution in [0.3, 0.4) is 0 Å². The largest absolute Gasteiger partial charge is 0.324 e. The zero-order chi connectivity index (χ0) is 18.0. The van der Waals surface area contributed by atoms with E-state index >= 15 is 0 Å². The third kappa shape index (κ3) is 3.62. The minimum absolute atomic E-state index is 0.0509. The molecule has 1 N–H and O–H groups in total. The topological polar surface area (TPSA) is 93.3 Å². The van der Waals surface area contributed by atoms with Crippen LogP contribution in [0, 0.1) is 17.0 Å². The number of nitrogens with one attached hydrogen (secondary N) is 1. The minimum atomic E-state index is -0.426. The normalized spacial score (nSPS) is 15.2. The van der Waals surface area contributed by atoms with Gasteiger partial charge < -0.3 is 10.2 Å². The summed E-state index contributed by atoms with van der Waals surface area (Å²) in [6.07, 6.45) is 3.59. The molecule has 0 atom stereocenters. The van der Waals surface area contributed by atoms with Crippen LogP contribution in [0.2, 0.25) is 0 Å². The Labute approximate surface area is 145 Å². The minimum Gasteiger partial charge on any atom is -0.324 e. The van der Waals surface area contributed by atoms with Crippen LogP contribution in [-0.4, -0.2) is 38.7 Å². The highest BCUT2D eigenvalue weighted by Gasteiger charge is 2.25. The van der Waals surface area contributed by atoms with Crippen molar-refractivity contribution in [1.29, 1.82) is 0 Å². The maximum atomic E-state index is 12.4. The fourth-order valence-corrected chi connectivity index (χ4v) is 3.30. The number of urea groups is 1. The Morgan fingerprint density at radius 2 is 2.04 bits per heavy atom. The second-order valence-electron chi connectivity index (χ2n) is 6.33. The molecule has 132 valence electrons. The van der Waals surface area contributed by atoms with Crippen LogP contribution >= 0.6 is 0 Å². The van der Waals surface area contributed by atoms with Crippen LogP contribution in [0.15, 0.2) is 30.5 Å². The molecule has 0 spiro atoms. The van der Waals surface area contributed by atoms with Crippen LogP contribution in [-0.2, 0) is 7.05 Å². The van der Waals surface area contributed by atoms with Crippen molar-refractivity contribution >= 4 is 17.4 Å². The van der Waals surface area contributed by atoms with E-state index in [9.17, 15) is 14.9 Å². The molecule has 8 heteroatoms. The Hall–Kier alpha value is -2.90. The average molecular weight is 343 g/mol. The molecule has 1 aromatic heterocycles. The van der Waals surface area contributed by atoms with E-state index in [1.54, 1.807) is 30.2 Å². The molecule has 1 fully saturated rings. The Morgan fingerprint density at radius 3 is 2.60 bits per heavy atom. The van der Waals surface area contributed by atoms with Gasteiger partial charge in [0.05, 0.1) is 4.92 Å². The van der Waals surface area contributed by atoms with Crippen molar-refractivity contribution in [3.63, 3.8) is 0 Å². The van der Waals surface area contributed by atoms with Crippen LogP contribution in [0.1, 0.15) is 30.0 Å². The number of nitro benzene ring substituents is 1. The SMILES string of the molecule is Cc1cc(NC(=O)N2CCC(c3ccnn3C)CC2)ccc1[N+](=O)[O-]. The third-order valence-electron chi connectivity index (χ3n) is 4.70. The molecule has 0 aliphatic carbocycles. The Balaban J connectivity index is 1.59. The summed E-state index contributed by atoms with van der Waals surface area (Å²) >= 11 is 0. The van der Waals surface area contributed by atoms with Crippen molar-refractivity contribution in [2.24, 2.45) is 7.05 Å². The van der Waals surface area contributed by atoms with Crippen LogP contribution < -0.4 is 5.32 Å². The van der Waals surface area contributed by atoms with Crippen LogP contribution in [0.5, 0.6) is 0 Å². The van der Waals surface area contributed by atoms with E-state index in [0.29, 0.717) is 30.3 Å². The van der Waals surface area contributed by atoms with Gasteiger partial charge in [0.15, 0.2) is 0 Å². The van der Waals surface area contributed by atoms with Crippen LogP contribution in [0.25, 0.3) is 0 Å². The number of rotatable bonds is 3. The standard InChI is InChI=1S/C17H21N5O3/c1-12-11-14(3-4-15(12)22(24)25)19-17(23)21-9-6-13(7-10-21)16-5-8-18-20(16)2/h3-5,8,11,13H,6-7,9-10H2,1-2H3,(H,19,23). The van der Waals surface area contributed by atoms with E-state index in [2.05, 4.69) is 10.4 Å². The number of aryl methyl sites for hydroxylation is 2. The number of benzene rings is 1. The fourth-order valence-electron chi connectivity index (χ4n) is 3.30. The first-order valence-corrected chi connectivity index (χ1v) is 8.24. The molecule has 1 aromatic carbocycles. The van der Waals surface area contributed by atoms with Crippen molar-refractivity contribution in [1.82, 2.24) is 14.7 Å². The van der Waals surface area contributed by atoms with Crippen molar-refractivity contribution < 1.29 is 9.72 Å². The molecule has 2 amide bonds. The lowest BCUT2D eigenvalue weighted by Crippen LogP contribution is -2.40. The first-order valence-electron chi connectivity index (χ1n) is 8.24. The van der Waals surface area contributed by atoms with E-state index in [4.69, 9.17) is 0 Å². The van der Waals surface area contributed by atoms with Crippen molar-refractivity contribution in [2.75, 3.05) is 18.4 Å². The Kier molecular flexibility index (Phi) is 4.69. The lowest BCUT2D eigenvalue weighted by atomic mass is 9.93. The van der Waals surface area contributed by atoms with E-state index in [-0.39, 0.29) is 11.7 Å². The summed E-state index contributed by atoms with van der Waals surface area (Å²) in [5.74, 6) is 0.415. The smallest absolute Gasteiger partial charge is 0.321 e. The molecule has 0 saturated carbocycles. The first-order chi connectivity index (χ1) is 12.0. The van der Waals surface area contributed by atoms with Gasteiger partial charge in [-0.2, -0.15) is 5.10 Å². The molecular weight excluding hydrogens is 322 g/mol. The van der Waals surface area contributed by atoms with Gasteiger partial charge in [0, 0.05) is 55.3 Å². The molecule has 1 aliphatic heterocycles. The highest BCUT2D eigenvalue weighted by Crippen LogP contribution is 2.28. The molecule has 2 heterocycles. The number of nitrogens with zero attached hydrogens (tertiary/aromatic N) is 4. The van der Waals surface area contributed by atoms with Crippen molar-refractivity contribution in [2.45, 2.75) is 25.7 Å². The van der Waals surface area contributed by atoms with Gasteiger partial charge in [0.2, 0.25) is 0 Å². The zero-order valence-electron chi connectivity index (χ0n) is 14.3. The predicted molar refractivity (Wildman–Crippen MR) is 93.6 cm³/mol.